The van der Waals surface area contributed by atoms with Crippen LogP contribution in [0.3, 0.4) is 0 Å². The number of guanidine groups is 1. The first kappa shape index (κ1) is 14.9. The van der Waals surface area contributed by atoms with E-state index in [9.17, 15) is 9.59 Å². The number of likely N-dealkylation sites (tertiary alicyclic amines) is 1. The Balaban J connectivity index is 2.60. The summed E-state index contributed by atoms with van der Waals surface area (Å²) in [6.45, 7) is 2.53. The van der Waals surface area contributed by atoms with Gasteiger partial charge in [-0.1, -0.05) is 0 Å². The van der Waals surface area contributed by atoms with Gasteiger partial charge in [-0.3, -0.25) is 15.1 Å². The largest absolute Gasteiger partial charge is 0.461 e. The number of esters is 1. The van der Waals surface area contributed by atoms with Gasteiger partial charge in [0.1, 0.15) is 12.4 Å². The number of nitrogens with one attached hydrogen (secondary N) is 1. The van der Waals surface area contributed by atoms with E-state index in [0.717, 1.165) is 0 Å². The number of aliphatic imine (C=N–C) groups is 1. The maximum Gasteiger partial charge on any atom is 0.302 e. The summed E-state index contributed by atoms with van der Waals surface area (Å²) in [6, 6.07) is -0.692. The maximum absolute atomic E-state index is 10.9. The minimum atomic E-state index is -0.692. The highest BCUT2D eigenvalue weighted by molar-refractivity contribution is 5.82. The van der Waals surface area contributed by atoms with Gasteiger partial charge in [0, 0.05) is 19.9 Å². The molecule has 0 aromatic carbocycles. The van der Waals surface area contributed by atoms with E-state index in [4.69, 9.17) is 15.7 Å². The zero-order valence-corrected chi connectivity index (χ0v) is 10.7. The third-order valence-corrected chi connectivity index (χ3v) is 2.57. The van der Waals surface area contributed by atoms with Gasteiger partial charge in [0.2, 0.25) is 5.96 Å². The lowest BCUT2D eigenvalue weighted by Crippen LogP contribution is -2.40. The molecule has 0 aliphatic carbocycles. The highest BCUT2D eigenvalue weighted by Crippen LogP contribution is 2.12. The normalized spacial score (nSPS) is 20.6. The van der Waals surface area contributed by atoms with Crippen molar-refractivity contribution >= 4 is 18.2 Å². The molecule has 1 heterocycles. The van der Waals surface area contributed by atoms with E-state index in [1.54, 1.807) is 11.1 Å². The highest BCUT2D eigenvalue weighted by atomic mass is 16.5. The van der Waals surface area contributed by atoms with Crippen molar-refractivity contribution < 1.29 is 14.3 Å². The van der Waals surface area contributed by atoms with Crippen LogP contribution in [0.1, 0.15) is 13.3 Å². The summed E-state index contributed by atoms with van der Waals surface area (Å²) in [7, 11) is 0. The number of nitrogens with zero attached hydrogens (tertiary/aromatic N) is 3. The predicted octanol–water partition coefficient (Wildman–Crippen LogP) is -1.42. The van der Waals surface area contributed by atoms with Crippen LogP contribution in [-0.2, 0) is 14.3 Å². The lowest BCUT2D eigenvalue weighted by molar-refractivity contribution is -0.145. The standard InChI is InChI=1S/C11H17N5O3/c1-8(18)19-10-2-3-16(5-10)11(15-7-12)14-4-9(13)6-17/h6,9-10H,2-5,13H2,1H3,(H,14,15)/t9-,10-/m0/s1. The molecule has 1 rings (SSSR count). The summed E-state index contributed by atoms with van der Waals surface area (Å²) in [5, 5.41) is 11.1. The summed E-state index contributed by atoms with van der Waals surface area (Å²) >= 11 is 0. The third-order valence-electron chi connectivity index (χ3n) is 2.57. The first-order valence-corrected chi connectivity index (χ1v) is 5.89. The zero-order chi connectivity index (χ0) is 14.3. The zero-order valence-electron chi connectivity index (χ0n) is 10.7. The average molecular weight is 267 g/mol. The number of nitriles is 1. The van der Waals surface area contributed by atoms with Gasteiger partial charge in [0.15, 0.2) is 6.19 Å². The molecule has 8 heteroatoms. The Labute approximate surface area is 111 Å². The second-order valence-corrected chi connectivity index (χ2v) is 4.17. The van der Waals surface area contributed by atoms with Crippen molar-refractivity contribution in [3.8, 4) is 6.19 Å². The molecule has 19 heavy (non-hydrogen) atoms. The molecule has 3 N–H and O–H groups in total. The van der Waals surface area contributed by atoms with Gasteiger partial charge in [-0.15, -0.1) is 0 Å². The predicted molar refractivity (Wildman–Crippen MR) is 66.8 cm³/mol. The highest BCUT2D eigenvalue weighted by Gasteiger charge is 2.27. The van der Waals surface area contributed by atoms with Crippen LogP contribution in [0, 0.1) is 11.5 Å². The fourth-order valence-electron chi connectivity index (χ4n) is 1.75. The summed E-state index contributed by atoms with van der Waals surface area (Å²) in [5.74, 6) is 0.0102. The monoisotopic (exact) mass is 267 g/mol. The molecule has 0 bridgehead atoms. The molecule has 0 unspecified atom stereocenters. The Hall–Kier alpha value is -2.14. The minimum absolute atomic E-state index is 0.0994. The number of hydrogen-bond acceptors (Lipinski definition) is 6. The summed E-state index contributed by atoms with van der Waals surface area (Å²) in [5.41, 5.74) is 5.44. The van der Waals surface area contributed by atoms with Gasteiger partial charge in [-0.25, -0.2) is 0 Å². The fourth-order valence-corrected chi connectivity index (χ4v) is 1.75. The molecule has 0 aromatic rings. The average Bonchev–Trinajstić information content (AvgIpc) is 2.81. The van der Waals surface area contributed by atoms with Crippen LogP contribution < -0.4 is 11.1 Å². The second kappa shape index (κ2) is 7.33. The Morgan fingerprint density at radius 2 is 2.53 bits per heavy atom. The number of ether oxygens (including phenoxy) is 1. The Bertz CT molecular complexity index is 404. The molecule has 0 saturated carbocycles. The lowest BCUT2D eigenvalue weighted by Gasteiger charge is -2.19. The molecule has 1 saturated heterocycles. The van der Waals surface area contributed by atoms with Gasteiger partial charge in [0.25, 0.3) is 0 Å². The summed E-state index contributed by atoms with van der Waals surface area (Å²) in [6.07, 6.45) is 2.85. The third kappa shape index (κ3) is 4.93. The molecule has 1 aliphatic heterocycles. The van der Waals surface area contributed by atoms with Crippen molar-refractivity contribution in [3.63, 3.8) is 0 Å². The number of hydrogen-bond donors (Lipinski definition) is 2. The van der Waals surface area contributed by atoms with Gasteiger partial charge in [-0.2, -0.15) is 5.26 Å². The van der Waals surface area contributed by atoms with Gasteiger partial charge in [-0.05, 0) is 0 Å². The second-order valence-electron chi connectivity index (χ2n) is 4.17. The van der Waals surface area contributed by atoms with Crippen LogP contribution in [0.2, 0.25) is 0 Å². The number of carbonyl (C=O) groups is 2. The minimum Gasteiger partial charge on any atom is -0.461 e. The molecule has 2 atom stereocenters. The van der Waals surface area contributed by atoms with Crippen molar-refractivity contribution in [1.29, 1.82) is 5.26 Å². The van der Waals surface area contributed by atoms with E-state index in [1.165, 1.54) is 6.92 Å². The SMILES string of the molecule is CC(=O)O[C@H]1CCN(C(=NC[C@H](N)C=O)NC#N)C1. The van der Waals surface area contributed by atoms with Crippen LogP contribution in [0.25, 0.3) is 0 Å². The van der Waals surface area contributed by atoms with Crippen molar-refractivity contribution in [2.75, 3.05) is 19.6 Å². The number of carbonyl (C=O) groups excluding carboxylic acids is 2. The molecule has 0 spiro atoms. The topological polar surface area (TPSA) is 121 Å². The van der Waals surface area contributed by atoms with Crippen LogP contribution in [0.4, 0.5) is 0 Å². The molecular formula is C11H17N5O3. The molecule has 104 valence electrons. The van der Waals surface area contributed by atoms with Crippen molar-refractivity contribution in [3.05, 3.63) is 0 Å². The first-order chi connectivity index (χ1) is 9.06. The molecule has 0 radical (unpaired) electrons. The van der Waals surface area contributed by atoms with Crippen LogP contribution >= 0.6 is 0 Å². The maximum atomic E-state index is 10.9. The van der Waals surface area contributed by atoms with E-state index in [-0.39, 0.29) is 18.6 Å². The molecule has 1 aliphatic rings. The summed E-state index contributed by atoms with van der Waals surface area (Å²) in [4.78, 5) is 27.2. The quantitative estimate of drug-likeness (QED) is 0.160. The van der Waals surface area contributed by atoms with Crippen molar-refractivity contribution in [2.24, 2.45) is 10.7 Å². The smallest absolute Gasteiger partial charge is 0.302 e. The van der Waals surface area contributed by atoms with Gasteiger partial charge >= 0.3 is 5.97 Å². The van der Waals surface area contributed by atoms with E-state index in [1.807, 2.05) is 0 Å². The molecular weight excluding hydrogens is 250 g/mol. The Morgan fingerprint density at radius 3 is 3.11 bits per heavy atom. The Morgan fingerprint density at radius 1 is 1.79 bits per heavy atom. The van der Waals surface area contributed by atoms with Crippen LogP contribution in [0.5, 0.6) is 0 Å². The van der Waals surface area contributed by atoms with E-state index in [0.29, 0.717) is 31.8 Å². The van der Waals surface area contributed by atoms with Gasteiger partial charge < -0.3 is 20.2 Å². The first-order valence-electron chi connectivity index (χ1n) is 5.89. The summed E-state index contributed by atoms with van der Waals surface area (Å²) < 4.78 is 5.09. The van der Waals surface area contributed by atoms with E-state index in [2.05, 4.69) is 10.3 Å². The molecule has 1 fully saturated rings. The number of aldehydes is 1. The molecule has 8 nitrogen and oxygen atoms in total. The Kier molecular flexibility index (Phi) is 5.75. The number of rotatable bonds is 4. The van der Waals surface area contributed by atoms with Crippen molar-refractivity contribution in [2.45, 2.75) is 25.5 Å². The molecule has 0 aromatic heterocycles. The molecule has 0 amide bonds. The van der Waals surface area contributed by atoms with Crippen LogP contribution in [-0.4, -0.2) is 54.9 Å². The number of nitrogens with two attached hydrogens (primary N) is 1. The van der Waals surface area contributed by atoms with Crippen molar-refractivity contribution in [1.82, 2.24) is 10.2 Å². The van der Waals surface area contributed by atoms with E-state index >= 15 is 0 Å². The van der Waals surface area contributed by atoms with E-state index < -0.39 is 6.04 Å². The fraction of sp³-hybridized carbons (Fsp3) is 0.636. The lowest BCUT2D eigenvalue weighted by atomic mass is 10.3. The van der Waals surface area contributed by atoms with Crippen LogP contribution in [0.15, 0.2) is 4.99 Å². The van der Waals surface area contributed by atoms with Gasteiger partial charge in [0.05, 0.1) is 19.1 Å².